The van der Waals surface area contributed by atoms with E-state index in [1.807, 2.05) is 0 Å². The molecular weight excluding hydrogens is 148 g/mol. The van der Waals surface area contributed by atoms with Crippen LogP contribution in [0.3, 0.4) is 0 Å². The first kappa shape index (κ1) is 7.38. The Bertz CT molecular complexity index is 235. The molecule has 0 saturated heterocycles. The van der Waals surface area contributed by atoms with Crippen molar-refractivity contribution in [3.05, 3.63) is 28.8 Å². The molecule has 0 bridgehead atoms. The van der Waals surface area contributed by atoms with Crippen molar-refractivity contribution in [3.8, 4) is 0 Å². The van der Waals surface area contributed by atoms with Crippen LogP contribution in [0.2, 0.25) is 5.02 Å². The molecule has 54 valence electrons. The fourth-order valence-electron chi connectivity index (χ4n) is 0.751. The summed E-state index contributed by atoms with van der Waals surface area (Å²) in [6.45, 7) is 0.437. The molecule has 0 saturated carbocycles. The van der Waals surface area contributed by atoms with E-state index in [0.717, 1.165) is 5.56 Å². The Hall–Kier alpha value is -0.730. The van der Waals surface area contributed by atoms with Crippen LogP contribution in [0.15, 0.2) is 18.2 Å². The second kappa shape index (κ2) is 2.90. The lowest BCUT2D eigenvalue weighted by molar-refractivity contribution is 1.08. The molecule has 1 aromatic rings. The van der Waals surface area contributed by atoms with Gasteiger partial charge in [-0.3, -0.25) is 0 Å². The molecule has 4 N–H and O–H groups in total. The first-order valence-electron chi connectivity index (χ1n) is 2.98. The quantitative estimate of drug-likeness (QED) is 0.604. The van der Waals surface area contributed by atoms with Crippen molar-refractivity contribution in [2.75, 3.05) is 5.73 Å². The van der Waals surface area contributed by atoms with Gasteiger partial charge < -0.3 is 11.5 Å². The molecule has 0 aromatic heterocycles. The van der Waals surface area contributed by atoms with Crippen LogP contribution in [0.4, 0.5) is 5.69 Å². The Labute approximate surface area is 64.8 Å². The van der Waals surface area contributed by atoms with Gasteiger partial charge in [-0.15, -0.1) is 0 Å². The summed E-state index contributed by atoms with van der Waals surface area (Å²) in [6, 6.07) is 5.28. The van der Waals surface area contributed by atoms with E-state index < -0.39 is 0 Å². The summed E-state index contributed by atoms with van der Waals surface area (Å²) in [7, 11) is 0. The molecule has 3 heteroatoms. The van der Waals surface area contributed by atoms with Gasteiger partial charge in [-0.1, -0.05) is 11.6 Å². The van der Waals surface area contributed by atoms with E-state index in [9.17, 15) is 0 Å². The molecule has 2 nitrogen and oxygen atoms in total. The summed E-state index contributed by atoms with van der Waals surface area (Å²) in [5.74, 6) is 0. The minimum Gasteiger partial charge on any atom is -0.398 e. The van der Waals surface area contributed by atoms with Gasteiger partial charge >= 0.3 is 0 Å². The summed E-state index contributed by atoms with van der Waals surface area (Å²) < 4.78 is 0. The fraction of sp³-hybridized carbons (Fsp3) is 0.143. The number of hydrogen-bond donors (Lipinski definition) is 2. The summed E-state index contributed by atoms with van der Waals surface area (Å²) in [4.78, 5) is 0. The van der Waals surface area contributed by atoms with Crippen LogP contribution in [0.1, 0.15) is 5.56 Å². The first-order chi connectivity index (χ1) is 4.74. The molecule has 0 fully saturated rings. The Balaban J connectivity index is 3.09. The highest BCUT2D eigenvalue weighted by atomic mass is 35.5. The molecule has 0 aliphatic carbocycles. The maximum Gasteiger partial charge on any atom is 0.0410 e. The van der Waals surface area contributed by atoms with E-state index in [0.29, 0.717) is 17.3 Å². The Kier molecular flexibility index (Phi) is 2.14. The van der Waals surface area contributed by atoms with Crippen LogP contribution in [-0.2, 0) is 6.54 Å². The number of halogens is 1. The number of hydrogen-bond acceptors (Lipinski definition) is 2. The first-order valence-corrected chi connectivity index (χ1v) is 3.36. The normalized spacial score (nSPS) is 9.80. The van der Waals surface area contributed by atoms with Gasteiger partial charge in [-0.2, -0.15) is 0 Å². The molecule has 0 amide bonds. The van der Waals surface area contributed by atoms with E-state index in [1.54, 1.807) is 18.2 Å². The predicted molar refractivity (Wildman–Crippen MR) is 43.8 cm³/mol. The summed E-state index contributed by atoms with van der Waals surface area (Å²) >= 11 is 5.68. The highest BCUT2D eigenvalue weighted by molar-refractivity contribution is 6.30. The van der Waals surface area contributed by atoms with Gasteiger partial charge in [0, 0.05) is 17.3 Å². The molecule has 0 radical (unpaired) electrons. The number of nitrogens with two attached hydrogens (primary N) is 2. The number of anilines is 1. The van der Waals surface area contributed by atoms with E-state index in [2.05, 4.69) is 0 Å². The van der Waals surface area contributed by atoms with E-state index in [1.165, 1.54) is 0 Å². The van der Waals surface area contributed by atoms with Crippen molar-refractivity contribution in [1.82, 2.24) is 0 Å². The van der Waals surface area contributed by atoms with Crippen molar-refractivity contribution in [2.45, 2.75) is 6.54 Å². The molecular formula is C7H9ClN2. The predicted octanol–water partition coefficient (Wildman–Crippen LogP) is 1.38. The third-order valence-electron chi connectivity index (χ3n) is 1.32. The Morgan fingerprint density at radius 2 is 2.10 bits per heavy atom. The molecule has 0 unspecified atom stereocenters. The van der Waals surface area contributed by atoms with Gasteiger partial charge in [0.25, 0.3) is 0 Å². The zero-order valence-corrected chi connectivity index (χ0v) is 6.23. The zero-order chi connectivity index (χ0) is 7.56. The standard InChI is InChI=1S/C7H9ClN2/c8-6-1-2-7(10)5(3-6)4-9/h1-3H,4,9-10H2. The minimum absolute atomic E-state index is 0.437. The lowest BCUT2D eigenvalue weighted by Gasteiger charge is -2.01. The summed E-state index contributed by atoms with van der Waals surface area (Å²) in [6.07, 6.45) is 0. The second-order valence-electron chi connectivity index (χ2n) is 2.05. The summed E-state index contributed by atoms with van der Waals surface area (Å²) in [5.41, 5.74) is 12.5. The van der Waals surface area contributed by atoms with Gasteiger partial charge in [-0.25, -0.2) is 0 Å². The Morgan fingerprint density at radius 1 is 1.40 bits per heavy atom. The fourth-order valence-corrected chi connectivity index (χ4v) is 0.946. The molecule has 0 aliphatic rings. The molecule has 0 spiro atoms. The molecule has 1 rings (SSSR count). The van der Waals surface area contributed by atoms with Crippen molar-refractivity contribution in [2.24, 2.45) is 5.73 Å². The molecule has 0 aliphatic heterocycles. The minimum atomic E-state index is 0.437. The van der Waals surface area contributed by atoms with Crippen molar-refractivity contribution in [3.63, 3.8) is 0 Å². The third kappa shape index (κ3) is 1.40. The molecule has 0 atom stereocenters. The number of rotatable bonds is 1. The zero-order valence-electron chi connectivity index (χ0n) is 5.47. The van der Waals surface area contributed by atoms with Gasteiger partial charge in [0.1, 0.15) is 0 Å². The maximum atomic E-state index is 5.68. The third-order valence-corrected chi connectivity index (χ3v) is 1.56. The highest BCUT2D eigenvalue weighted by Crippen LogP contribution is 2.16. The van der Waals surface area contributed by atoms with Crippen molar-refractivity contribution in [1.29, 1.82) is 0 Å². The van der Waals surface area contributed by atoms with Crippen LogP contribution < -0.4 is 11.5 Å². The van der Waals surface area contributed by atoms with Gasteiger partial charge in [0.2, 0.25) is 0 Å². The molecule has 0 heterocycles. The van der Waals surface area contributed by atoms with Crippen molar-refractivity contribution >= 4 is 17.3 Å². The number of benzene rings is 1. The van der Waals surface area contributed by atoms with Crippen LogP contribution in [0.5, 0.6) is 0 Å². The maximum absolute atomic E-state index is 5.68. The largest absolute Gasteiger partial charge is 0.398 e. The highest BCUT2D eigenvalue weighted by Gasteiger charge is 1.95. The number of nitrogen functional groups attached to an aromatic ring is 1. The smallest absolute Gasteiger partial charge is 0.0410 e. The van der Waals surface area contributed by atoms with Crippen LogP contribution in [-0.4, -0.2) is 0 Å². The van der Waals surface area contributed by atoms with Gasteiger partial charge in [0.15, 0.2) is 0 Å². The lowest BCUT2D eigenvalue weighted by atomic mass is 10.2. The lowest BCUT2D eigenvalue weighted by Crippen LogP contribution is -2.00. The Morgan fingerprint density at radius 3 is 2.60 bits per heavy atom. The van der Waals surface area contributed by atoms with E-state index in [-0.39, 0.29) is 0 Å². The average Bonchev–Trinajstić information content (AvgIpc) is 1.94. The SMILES string of the molecule is NCc1cc(Cl)ccc1N. The monoisotopic (exact) mass is 156 g/mol. The molecule has 10 heavy (non-hydrogen) atoms. The topological polar surface area (TPSA) is 52.0 Å². The van der Waals surface area contributed by atoms with Gasteiger partial charge in [-0.05, 0) is 23.8 Å². The van der Waals surface area contributed by atoms with Crippen LogP contribution in [0.25, 0.3) is 0 Å². The summed E-state index contributed by atoms with van der Waals surface area (Å²) in [5, 5.41) is 0.676. The molecule has 1 aromatic carbocycles. The van der Waals surface area contributed by atoms with Crippen LogP contribution in [0, 0.1) is 0 Å². The van der Waals surface area contributed by atoms with Gasteiger partial charge in [0.05, 0.1) is 0 Å². The average molecular weight is 157 g/mol. The van der Waals surface area contributed by atoms with Crippen molar-refractivity contribution < 1.29 is 0 Å². The van der Waals surface area contributed by atoms with Crippen LogP contribution >= 0.6 is 11.6 Å². The van der Waals surface area contributed by atoms with E-state index in [4.69, 9.17) is 23.1 Å². The second-order valence-corrected chi connectivity index (χ2v) is 2.48. The van der Waals surface area contributed by atoms with E-state index >= 15 is 0 Å².